The minimum absolute atomic E-state index is 0. The summed E-state index contributed by atoms with van der Waals surface area (Å²) < 4.78 is 84.1. The van der Waals surface area contributed by atoms with Gasteiger partial charge >= 0.3 is 19.5 Å². The first-order chi connectivity index (χ1) is 18.8. The van der Waals surface area contributed by atoms with Gasteiger partial charge in [-0.2, -0.15) is 0 Å². The standard InChI is InChI=1S/C20H15F4N3O2S.C10H14.Ru/c21-13-14(22)16(24)20(18(26)15(13)23)30(28,29)27-19(12-9-5-2-6-10-12)17(25)11-7-3-1-4-8-11;1-8(2)10-6-4-9(3)5-7-10;/h1-10,17,19,26H,25H2;4-8H,1-3H3;/q-2;;+3/t17-,19-;;/m0../s1. The monoisotopic (exact) mass is 673 g/mol. The Kier molecular flexibility index (Phi) is 12.2. The first-order valence-corrected chi connectivity index (χ1v) is 13.8. The zero-order valence-electron chi connectivity index (χ0n) is 22.4. The largest absolute Gasteiger partial charge is 3.00 e. The van der Waals surface area contributed by atoms with Crippen LogP contribution in [0.4, 0.5) is 23.2 Å². The van der Waals surface area contributed by atoms with Gasteiger partial charge in [-0.05, 0) is 24.0 Å². The molecule has 0 unspecified atom stereocenters. The minimum Gasteiger partial charge on any atom is -0.695 e. The molecular weight excluding hydrogens is 643 g/mol. The van der Waals surface area contributed by atoms with Gasteiger partial charge in [0.1, 0.15) is 15.8 Å². The number of hydrogen-bond acceptors (Lipinski definition) is 3. The van der Waals surface area contributed by atoms with Crippen LogP contribution in [-0.2, 0) is 29.5 Å². The van der Waals surface area contributed by atoms with Crippen LogP contribution in [0.25, 0.3) is 10.5 Å². The number of rotatable bonds is 7. The number of halogens is 4. The molecule has 0 spiro atoms. The number of benzene rings is 4. The molecule has 0 amide bonds. The maximum atomic E-state index is 14.2. The fourth-order valence-electron chi connectivity index (χ4n) is 3.85. The van der Waals surface area contributed by atoms with Crippen LogP contribution in [0.3, 0.4) is 0 Å². The smallest absolute Gasteiger partial charge is 0.695 e. The van der Waals surface area contributed by atoms with Crippen molar-refractivity contribution in [3.05, 3.63) is 141 Å². The van der Waals surface area contributed by atoms with Gasteiger partial charge in [-0.3, -0.25) is 0 Å². The van der Waals surface area contributed by atoms with Crippen LogP contribution in [0.15, 0.2) is 89.8 Å². The van der Waals surface area contributed by atoms with Crippen molar-refractivity contribution in [1.82, 2.24) is 0 Å². The number of aryl methyl sites for hydroxylation is 1. The molecule has 217 valence electrons. The summed E-state index contributed by atoms with van der Waals surface area (Å²) in [6, 6.07) is 22.6. The summed E-state index contributed by atoms with van der Waals surface area (Å²) in [7, 11) is -5.15. The molecule has 0 aromatic heterocycles. The van der Waals surface area contributed by atoms with Crippen molar-refractivity contribution in [2.45, 2.75) is 43.7 Å². The van der Waals surface area contributed by atoms with Crippen molar-refractivity contribution in [2.75, 3.05) is 0 Å². The van der Waals surface area contributed by atoms with Crippen LogP contribution >= 0.6 is 0 Å². The average molecular weight is 673 g/mol. The predicted octanol–water partition coefficient (Wildman–Crippen LogP) is 8.55. The van der Waals surface area contributed by atoms with E-state index in [0.29, 0.717) is 17.0 Å². The molecule has 3 N–H and O–H groups in total. The number of nitrogens with one attached hydrogen (secondary N) is 1. The van der Waals surface area contributed by atoms with E-state index in [1.165, 1.54) is 23.3 Å². The normalized spacial score (nSPS) is 12.6. The van der Waals surface area contributed by atoms with Crippen molar-refractivity contribution < 1.29 is 45.5 Å². The van der Waals surface area contributed by atoms with E-state index < -0.39 is 56.0 Å². The molecule has 4 aromatic rings. The Hall–Kier alpha value is -3.11. The van der Waals surface area contributed by atoms with E-state index in [1.54, 1.807) is 48.5 Å². The van der Waals surface area contributed by atoms with Crippen molar-refractivity contribution in [2.24, 2.45) is 5.73 Å². The van der Waals surface area contributed by atoms with Gasteiger partial charge in [-0.25, -0.2) is 26.0 Å². The Bertz CT molecular complexity index is 1510. The zero-order valence-corrected chi connectivity index (χ0v) is 25.0. The van der Waals surface area contributed by atoms with Gasteiger partial charge in [0.05, 0.1) is 4.90 Å². The summed E-state index contributed by atoms with van der Waals surface area (Å²) >= 11 is 0. The summed E-state index contributed by atoms with van der Waals surface area (Å²) in [6.07, 6.45) is 0. The fraction of sp³-hybridized carbons (Fsp3) is 0.200. The van der Waals surface area contributed by atoms with Gasteiger partial charge in [0, 0.05) is 6.04 Å². The Balaban J connectivity index is 0.000000452. The molecular formula is C30H29F4N3O2RuS+. The molecule has 41 heavy (non-hydrogen) atoms. The Labute approximate surface area is 250 Å². The van der Waals surface area contributed by atoms with Gasteiger partial charge in [-0.1, -0.05) is 122 Å². The van der Waals surface area contributed by atoms with Crippen LogP contribution < -0.4 is 5.73 Å². The van der Waals surface area contributed by atoms with Gasteiger partial charge in [0.25, 0.3) is 0 Å². The Morgan fingerprint density at radius 3 is 1.66 bits per heavy atom. The molecule has 4 rings (SSSR count). The third-order valence-electron chi connectivity index (χ3n) is 6.14. The number of nitrogens with zero attached hydrogens (tertiary/aromatic N) is 1. The van der Waals surface area contributed by atoms with E-state index in [-0.39, 0.29) is 19.5 Å². The topological polar surface area (TPSA) is 98.1 Å². The molecule has 4 aromatic carbocycles. The van der Waals surface area contributed by atoms with E-state index in [0.717, 1.165) is 0 Å². The molecule has 0 bridgehead atoms. The van der Waals surface area contributed by atoms with Crippen LogP contribution in [-0.4, -0.2) is 8.42 Å². The number of nitrogens with two attached hydrogens (primary N) is 1. The average Bonchev–Trinajstić information content (AvgIpc) is 2.95. The van der Waals surface area contributed by atoms with Crippen LogP contribution in [0.5, 0.6) is 0 Å². The number of sulfonamides is 1. The molecule has 0 saturated heterocycles. The van der Waals surface area contributed by atoms with Crippen LogP contribution in [0.1, 0.15) is 54.1 Å². The summed E-state index contributed by atoms with van der Waals surface area (Å²) in [5.74, 6) is -8.33. The quantitative estimate of drug-likeness (QED) is 0.0922. The van der Waals surface area contributed by atoms with E-state index in [1.807, 2.05) is 0 Å². The zero-order chi connectivity index (χ0) is 29.6. The summed E-state index contributed by atoms with van der Waals surface area (Å²) in [6.45, 7) is 6.54. The molecule has 0 saturated carbocycles. The van der Waals surface area contributed by atoms with E-state index in [4.69, 9.17) is 11.5 Å². The second-order valence-corrected chi connectivity index (χ2v) is 11.0. The second-order valence-electron chi connectivity index (χ2n) is 9.40. The maximum Gasteiger partial charge on any atom is 3.00 e. The van der Waals surface area contributed by atoms with E-state index in [2.05, 4.69) is 49.8 Å². The molecule has 0 fully saturated rings. The Morgan fingerprint density at radius 1 is 0.707 bits per heavy atom. The van der Waals surface area contributed by atoms with Gasteiger partial charge in [0.15, 0.2) is 17.5 Å². The molecule has 2 atom stereocenters. The molecule has 0 heterocycles. The third-order valence-corrected chi connectivity index (χ3v) is 7.55. The van der Waals surface area contributed by atoms with E-state index >= 15 is 0 Å². The fourth-order valence-corrected chi connectivity index (χ4v) is 5.17. The van der Waals surface area contributed by atoms with Crippen LogP contribution in [0.2, 0.25) is 0 Å². The van der Waals surface area contributed by atoms with Crippen molar-refractivity contribution in [1.29, 1.82) is 0 Å². The van der Waals surface area contributed by atoms with Gasteiger partial charge in [0.2, 0.25) is 0 Å². The third kappa shape index (κ3) is 8.23. The molecule has 0 aliphatic carbocycles. The summed E-state index contributed by atoms with van der Waals surface area (Å²) in [5.41, 5.74) is 15.6. The Morgan fingerprint density at radius 2 is 1.17 bits per heavy atom. The van der Waals surface area contributed by atoms with Gasteiger partial charge in [-0.15, -0.1) is 0 Å². The molecule has 0 aliphatic rings. The molecule has 5 nitrogen and oxygen atoms in total. The number of hydrogen-bond donors (Lipinski definition) is 1. The predicted molar refractivity (Wildman–Crippen MR) is 149 cm³/mol. The van der Waals surface area contributed by atoms with Crippen LogP contribution in [0, 0.1) is 30.2 Å². The first kappa shape index (κ1) is 34.1. The molecule has 11 heteroatoms. The maximum absolute atomic E-state index is 14.2. The van der Waals surface area contributed by atoms with Gasteiger partial charge < -0.3 is 16.2 Å². The summed E-state index contributed by atoms with van der Waals surface area (Å²) in [4.78, 5) is -1.69. The summed E-state index contributed by atoms with van der Waals surface area (Å²) in [5, 5.41) is 0. The molecule has 1 radical (unpaired) electrons. The first-order valence-electron chi connectivity index (χ1n) is 12.3. The van der Waals surface area contributed by atoms with Crippen molar-refractivity contribution in [3.8, 4) is 0 Å². The SMILES string of the molecule is Cc1ccc(C(C)C)cc1.[NH-]c1c(F)c(F)c(F)c(F)c1S(=O)(=O)[N-][C@@H](c1ccccc1)[C@@H](N)c1ccccc1.[Ru+3]. The van der Waals surface area contributed by atoms with E-state index in [9.17, 15) is 26.0 Å². The van der Waals surface area contributed by atoms with Crippen molar-refractivity contribution in [3.63, 3.8) is 0 Å². The molecule has 0 aliphatic heterocycles. The minimum atomic E-state index is -5.15. The van der Waals surface area contributed by atoms with Crippen molar-refractivity contribution >= 4 is 15.7 Å². The second kappa shape index (κ2) is 14.7.